The van der Waals surface area contributed by atoms with E-state index in [-0.39, 0.29) is 24.5 Å². The third-order valence-electron chi connectivity index (χ3n) is 4.11. The van der Waals surface area contributed by atoms with Gasteiger partial charge < -0.3 is 14.6 Å². The SMILES string of the molecule is CC(C)c1noc(-c2ccc(OCC(=O)NC(C)c3ccccc3)cc2)n1. The Labute approximate surface area is 158 Å². The quantitative estimate of drug-likeness (QED) is 0.681. The van der Waals surface area contributed by atoms with Crippen molar-refractivity contribution in [3.05, 3.63) is 66.0 Å². The molecule has 3 aromatic rings. The zero-order valence-corrected chi connectivity index (χ0v) is 15.7. The molecule has 1 atom stereocenters. The lowest BCUT2D eigenvalue weighted by Crippen LogP contribution is -2.31. The van der Waals surface area contributed by atoms with Crippen LogP contribution in [0.5, 0.6) is 5.75 Å². The molecule has 0 saturated heterocycles. The van der Waals surface area contributed by atoms with Gasteiger partial charge in [-0.3, -0.25) is 4.79 Å². The fraction of sp³-hybridized carbons (Fsp3) is 0.286. The van der Waals surface area contributed by atoms with Crippen molar-refractivity contribution < 1.29 is 14.1 Å². The van der Waals surface area contributed by atoms with Crippen molar-refractivity contribution in [3.8, 4) is 17.2 Å². The van der Waals surface area contributed by atoms with Crippen LogP contribution in [0.3, 0.4) is 0 Å². The maximum absolute atomic E-state index is 12.1. The highest BCUT2D eigenvalue weighted by Gasteiger charge is 2.12. The minimum absolute atomic E-state index is 0.0470. The molecule has 140 valence electrons. The largest absolute Gasteiger partial charge is 0.484 e. The Morgan fingerprint density at radius 3 is 2.41 bits per heavy atom. The lowest BCUT2D eigenvalue weighted by molar-refractivity contribution is -0.123. The van der Waals surface area contributed by atoms with Gasteiger partial charge in [-0.15, -0.1) is 0 Å². The molecule has 1 N–H and O–H groups in total. The first-order valence-corrected chi connectivity index (χ1v) is 8.94. The number of hydrogen-bond acceptors (Lipinski definition) is 5. The van der Waals surface area contributed by atoms with Gasteiger partial charge in [-0.1, -0.05) is 49.3 Å². The number of benzene rings is 2. The van der Waals surface area contributed by atoms with E-state index in [1.807, 2.05) is 63.2 Å². The number of rotatable bonds is 7. The summed E-state index contributed by atoms with van der Waals surface area (Å²) in [6.07, 6.45) is 0. The number of ether oxygens (including phenoxy) is 1. The van der Waals surface area contributed by atoms with Gasteiger partial charge in [0.15, 0.2) is 12.4 Å². The smallest absolute Gasteiger partial charge is 0.258 e. The first-order valence-electron chi connectivity index (χ1n) is 8.94. The topological polar surface area (TPSA) is 77.2 Å². The number of nitrogens with zero attached hydrogens (tertiary/aromatic N) is 2. The molecule has 0 aliphatic carbocycles. The summed E-state index contributed by atoms with van der Waals surface area (Å²) in [5, 5.41) is 6.88. The zero-order chi connectivity index (χ0) is 19.2. The van der Waals surface area contributed by atoms with E-state index in [0.717, 1.165) is 11.1 Å². The fourth-order valence-corrected chi connectivity index (χ4v) is 2.54. The van der Waals surface area contributed by atoms with E-state index in [1.54, 1.807) is 12.1 Å². The summed E-state index contributed by atoms with van der Waals surface area (Å²) in [5.41, 5.74) is 1.86. The molecule has 1 amide bonds. The summed E-state index contributed by atoms with van der Waals surface area (Å²) in [6, 6.07) is 17.0. The standard InChI is InChI=1S/C21H23N3O3/c1-14(2)20-23-21(27-24-20)17-9-11-18(12-10-17)26-13-19(25)22-15(3)16-7-5-4-6-8-16/h4-12,14-15H,13H2,1-3H3,(H,22,25). The second kappa shape index (κ2) is 8.49. The summed E-state index contributed by atoms with van der Waals surface area (Å²) >= 11 is 0. The second-order valence-electron chi connectivity index (χ2n) is 6.63. The van der Waals surface area contributed by atoms with Gasteiger partial charge in [-0.05, 0) is 36.8 Å². The molecular formula is C21H23N3O3. The lowest BCUT2D eigenvalue weighted by Gasteiger charge is -2.14. The Hall–Kier alpha value is -3.15. The molecule has 27 heavy (non-hydrogen) atoms. The van der Waals surface area contributed by atoms with E-state index in [2.05, 4.69) is 15.5 Å². The monoisotopic (exact) mass is 365 g/mol. The van der Waals surface area contributed by atoms with Crippen LogP contribution >= 0.6 is 0 Å². The first-order chi connectivity index (χ1) is 13.0. The van der Waals surface area contributed by atoms with Gasteiger partial charge in [-0.25, -0.2) is 0 Å². The summed E-state index contributed by atoms with van der Waals surface area (Å²) in [7, 11) is 0. The number of carbonyl (C=O) groups excluding carboxylic acids is 1. The molecule has 1 unspecified atom stereocenters. The second-order valence-corrected chi connectivity index (χ2v) is 6.63. The number of hydrogen-bond donors (Lipinski definition) is 1. The van der Waals surface area contributed by atoms with Crippen molar-refractivity contribution >= 4 is 5.91 Å². The van der Waals surface area contributed by atoms with Crippen molar-refractivity contribution in [2.75, 3.05) is 6.61 Å². The Balaban J connectivity index is 1.53. The van der Waals surface area contributed by atoms with Crippen molar-refractivity contribution in [1.82, 2.24) is 15.5 Å². The van der Waals surface area contributed by atoms with E-state index in [0.29, 0.717) is 17.5 Å². The first kappa shape index (κ1) is 18.6. The summed E-state index contributed by atoms with van der Waals surface area (Å²) in [5.74, 6) is 1.79. The van der Waals surface area contributed by atoms with Crippen LogP contribution in [0.1, 0.15) is 44.1 Å². The molecule has 1 heterocycles. The molecular weight excluding hydrogens is 342 g/mol. The van der Waals surface area contributed by atoms with Gasteiger partial charge in [0.05, 0.1) is 6.04 Å². The molecule has 6 heteroatoms. The van der Waals surface area contributed by atoms with Crippen LogP contribution in [0.2, 0.25) is 0 Å². The minimum Gasteiger partial charge on any atom is -0.484 e. The van der Waals surface area contributed by atoms with Gasteiger partial charge >= 0.3 is 0 Å². The highest BCUT2D eigenvalue weighted by atomic mass is 16.5. The molecule has 0 bridgehead atoms. The molecule has 0 saturated carbocycles. The lowest BCUT2D eigenvalue weighted by atomic mass is 10.1. The molecule has 0 aliphatic rings. The van der Waals surface area contributed by atoms with Gasteiger partial charge in [0.25, 0.3) is 11.8 Å². The van der Waals surface area contributed by atoms with E-state index in [4.69, 9.17) is 9.26 Å². The Morgan fingerprint density at radius 1 is 1.07 bits per heavy atom. The zero-order valence-electron chi connectivity index (χ0n) is 15.7. The molecule has 0 aliphatic heterocycles. The number of nitrogens with one attached hydrogen (secondary N) is 1. The van der Waals surface area contributed by atoms with Crippen molar-refractivity contribution in [2.24, 2.45) is 0 Å². The van der Waals surface area contributed by atoms with Crippen molar-refractivity contribution in [3.63, 3.8) is 0 Å². The summed E-state index contributed by atoms with van der Waals surface area (Å²) in [4.78, 5) is 16.4. The van der Waals surface area contributed by atoms with E-state index >= 15 is 0 Å². The number of carbonyl (C=O) groups is 1. The summed E-state index contributed by atoms with van der Waals surface area (Å²) in [6.45, 7) is 5.91. The van der Waals surface area contributed by atoms with Gasteiger partial charge in [0.2, 0.25) is 0 Å². The molecule has 3 rings (SSSR count). The van der Waals surface area contributed by atoms with E-state index in [9.17, 15) is 4.79 Å². The third-order valence-corrected chi connectivity index (χ3v) is 4.11. The Morgan fingerprint density at radius 2 is 1.78 bits per heavy atom. The van der Waals surface area contributed by atoms with Crippen molar-refractivity contribution in [1.29, 1.82) is 0 Å². The normalized spacial score (nSPS) is 12.0. The maximum atomic E-state index is 12.1. The molecule has 6 nitrogen and oxygen atoms in total. The van der Waals surface area contributed by atoms with Crippen LogP contribution in [-0.4, -0.2) is 22.7 Å². The molecule has 2 aromatic carbocycles. The third kappa shape index (κ3) is 4.94. The Bertz CT molecular complexity index is 873. The van der Waals surface area contributed by atoms with Crippen molar-refractivity contribution in [2.45, 2.75) is 32.7 Å². The van der Waals surface area contributed by atoms with E-state index in [1.165, 1.54) is 0 Å². The predicted molar refractivity (Wildman–Crippen MR) is 102 cm³/mol. The molecule has 1 aromatic heterocycles. The Kier molecular flexibility index (Phi) is 5.86. The number of aromatic nitrogens is 2. The highest BCUT2D eigenvalue weighted by Crippen LogP contribution is 2.22. The van der Waals surface area contributed by atoms with Gasteiger partial charge in [0.1, 0.15) is 5.75 Å². The molecule has 0 spiro atoms. The summed E-state index contributed by atoms with van der Waals surface area (Å²) < 4.78 is 10.8. The highest BCUT2D eigenvalue weighted by molar-refractivity contribution is 5.78. The van der Waals surface area contributed by atoms with Gasteiger partial charge in [0, 0.05) is 11.5 Å². The number of amides is 1. The molecule has 0 radical (unpaired) electrons. The minimum atomic E-state index is -0.172. The van der Waals surface area contributed by atoms with Gasteiger partial charge in [-0.2, -0.15) is 4.98 Å². The average molecular weight is 365 g/mol. The average Bonchev–Trinajstić information content (AvgIpc) is 3.18. The van der Waals surface area contributed by atoms with Crippen LogP contribution in [0.25, 0.3) is 11.5 Å². The van der Waals surface area contributed by atoms with Crippen LogP contribution in [-0.2, 0) is 4.79 Å². The van der Waals surface area contributed by atoms with Crippen LogP contribution in [0, 0.1) is 0 Å². The molecule has 0 fully saturated rings. The van der Waals surface area contributed by atoms with E-state index < -0.39 is 0 Å². The van der Waals surface area contributed by atoms with Crippen LogP contribution in [0.15, 0.2) is 59.1 Å². The fourth-order valence-electron chi connectivity index (χ4n) is 2.54. The predicted octanol–water partition coefficient (Wildman–Crippen LogP) is 4.12. The maximum Gasteiger partial charge on any atom is 0.258 e. The van der Waals surface area contributed by atoms with Crippen LogP contribution < -0.4 is 10.1 Å². The van der Waals surface area contributed by atoms with Crippen LogP contribution in [0.4, 0.5) is 0 Å².